The van der Waals surface area contributed by atoms with E-state index < -0.39 is 0 Å². The molecule has 6 nitrogen and oxygen atoms in total. The van der Waals surface area contributed by atoms with Crippen LogP contribution in [0.4, 0.5) is 5.69 Å². The smallest absolute Gasteiger partial charge is 0.184 e. The number of hydrogen-bond acceptors (Lipinski definition) is 5. The average Bonchev–Trinajstić information content (AvgIpc) is 3.08. The van der Waals surface area contributed by atoms with E-state index in [-0.39, 0.29) is 0 Å². The SMILES string of the molecule is COc1ccc(N)c(-c2nnnn2C2CC2)c1. The summed E-state index contributed by atoms with van der Waals surface area (Å²) in [5, 5.41) is 11.8. The van der Waals surface area contributed by atoms with E-state index >= 15 is 0 Å². The lowest BCUT2D eigenvalue weighted by atomic mass is 10.1. The zero-order valence-corrected chi connectivity index (χ0v) is 9.50. The predicted octanol–water partition coefficient (Wildman–Crippen LogP) is 1.27. The Labute approximate surface area is 98.4 Å². The molecule has 2 N–H and O–H groups in total. The molecule has 0 aliphatic heterocycles. The van der Waals surface area contributed by atoms with Gasteiger partial charge in [-0.25, -0.2) is 4.68 Å². The molecule has 88 valence electrons. The molecule has 1 fully saturated rings. The van der Waals surface area contributed by atoms with Gasteiger partial charge in [0.15, 0.2) is 5.82 Å². The number of hydrogen-bond donors (Lipinski definition) is 1. The van der Waals surface area contributed by atoms with Gasteiger partial charge in [-0.3, -0.25) is 0 Å². The van der Waals surface area contributed by atoms with Crippen molar-refractivity contribution in [2.45, 2.75) is 18.9 Å². The predicted molar refractivity (Wildman–Crippen MR) is 62.5 cm³/mol. The number of nitrogens with zero attached hydrogens (tertiary/aromatic N) is 4. The largest absolute Gasteiger partial charge is 0.497 e. The highest BCUT2D eigenvalue weighted by molar-refractivity contribution is 5.73. The van der Waals surface area contributed by atoms with Gasteiger partial charge in [0.2, 0.25) is 0 Å². The lowest BCUT2D eigenvalue weighted by molar-refractivity contribution is 0.415. The van der Waals surface area contributed by atoms with Crippen LogP contribution >= 0.6 is 0 Å². The quantitative estimate of drug-likeness (QED) is 0.804. The molecule has 3 rings (SSSR count). The molecule has 0 saturated heterocycles. The van der Waals surface area contributed by atoms with Crippen molar-refractivity contribution in [1.29, 1.82) is 0 Å². The Balaban J connectivity index is 2.10. The number of anilines is 1. The molecule has 2 aromatic rings. The minimum Gasteiger partial charge on any atom is -0.497 e. The molecule has 6 heteroatoms. The van der Waals surface area contributed by atoms with Crippen molar-refractivity contribution in [3.05, 3.63) is 18.2 Å². The van der Waals surface area contributed by atoms with Crippen molar-refractivity contribution >= 4 is 5.69 Å². The van der Waals surface area contributed by atoms with Crippen LogP contribution in [0.2, 0.25) is 0 Å². The van der Waals surface area contributed by atoms with Crippen LogP contribution in [0.5, 0.6) is 5.75 Å². The first-order chi connectivity index (χ1) is 8.29. The summed E-state index contributed by atoms with van der Waals surface area (Å²) in [4.78, 5) is 0. The van der Waals surface area contributed by atoms with Crippen molar-refractivity contribution in [2.75, 3.05) is 12.8 Å². The fourth-order valence-corrected chi connectivity index (χ4v) is 1.79. The fourth-order valence-electron chi connectivity index (χ4n) is 1.79. The second-order valence-electron chi connectivity index (χ2n) is 4.13. The molecular weight excluding hydrogens is 218 g/mol. The minimum atomic E-state index is 0.422. The summed E-state index contributed by atoms with van der Waals surface area (Å²) in [6, 6.07) is 5.91. The second kappa shape index (κ2) is 3.73. The van der Waals surface area contributed by atoms with E-state index in [1.807, 2.05) is 16.8 Å². The number of tetrazole rings is 1. The molecule has 0 atom stereocenters. The van der Waals surface area contributed by atoms with E-state index in [4.69, 9.17) is 10.5 Å². The zero-order valence-electron chi connectivity index (χ0n) is 9.50. The minimum absolute atomic E-state index is 0.422. The molecule has 1 aliphatic carbocycles. The maximum atomic E-state index is 5.96. The van der Waals surface area contributed by atoms with E-state index in [1.54, 1.807) is 13.2 Å². The number of ether oxygens (including phenoxy) is 1. The van der Waals surface area contributed by atoms with Gasteiger partial charge in [0.25, 0.3) is 0 Å². The van der Waals surface area contributed by atoms with Gasteiger partial charge < -0.3 is 10.5 Å². The van der Waals surface area contributed by atoms with Crippen LogP contribution in [0.15, 0.2) is 18.2 Å². The van der Waals surface area contributed by atoms with Crippen LogP contribution in [0.25, 0.3) is 11.4 Å². The highest BCUT2D eigenvalue weighted by Gasteiger charge is 2.28. The van der Waals surface area contributed by atoms with Crippen LogP contribution in [0.1, 0.15) is 18.9 Å². The van der Waals surface area contributed by atoms with Crippen LogP contribution in [0.3, 0.4) is 0 Å². The first-order valence-electron chi connectivity index (χ1n) is 5.51. The van der Waals surface area contributed by atoms with Crippen molar-refractivity contribution in [3.63, 3.8) is 0 Å². The van der Waals surface area contributed by atoms with E-state index in [1.165, 1.54) is 0 Å². The van der Waals surface area contributed by atoms with Crippen LogP contribution in [-0.2, 0) is 0 Å². The third kappa shape index (κ3) is 1.71. The number of aromatic nitrogens is 4. The Morgan fingerprint density at radius 3 is 2.94 bits per heavy atom. The number of benzene rings is 1. The third-order valence-corrected chi connectivity index (χ3v) is 2.89. The molecule has 1 heterocycles. The van der Waals surface area contributed by atoms with Crippen molar-refractivity contribution in [2.24, 2.45) is 0 Å². The Kier molecular flexibility index (Phi) is 2.21. The zero-order chi connectivity index (χ0) is 11.8. The summed E-state index contributed by atoms with van der Waals surface area (Å²) in [7, 11) is 1.62. The maximum absolute atomic E-state index is 5.96. The highest BCUT2D eigenvalue weighted by Crippen LogP contribution is 2.38. The Morgan fingerprint density at radius 2 is 2.24 bits per heavy atom. The van der Waals surface area contributed by atoms with Crippen LogP contribution < -0.4 is 10.5 Å². The van der Waals surface area contributed by atoms with Crippen molar-refractivity contribution in [1.82, 2.24) is 20.2 Å². The van der Waals surface area contributed by atoms with Crippen molar-refractivity contribution in [3.8, 4) is 17.1 Å². The van der Waals surface area contributed by atoms with Gasteiger partial charge in [0, 0.05) is 11.3 Å². The van der Waals surface area contributed by atoms with Crippen LogP contribution in [-0.4, -0.2) is 27.3 Å². The second-order valence-corrected chi connectivity index (χ2v) is 4.13. The molecule has 1 aliphatic rings. The van der Waals surface area contributed by atoms with Gasteiger partial charge in [-0.05, 0) is 41.5 Å². The number of nitrogen functional groups attached to an aromatic ring is 1. The number of methoxy groups -OCH3 is 1. The van der Waals surface area contributed by atoms with Gasteiger partial charge in [0.05, 0.1) is 13.2 Å². The molecule has 0 spiro atoms. The first kappa shape index (κ1) is 10.1. The maximum Gasteiger partial charge on any atom is 0.184 e. The van der Waals surface area contributed by atoms with Gasteiger partial charge in [-0.2, -0.15) is 0 Å². The molecule has 0 amide bonds. The number of rotatable bonds is 3. The van der Waals surface area contributed by atoms with E-state index in [0.717, 1.165) is 24.2 Å². The monoisotopic (exact) mass is 231 g/mol. The summed E-state index contributed by atoms with van der Waals surface area (Å²) in [5.74, 6) is 1.46. The van der Waals surface area contributed by atoms with Gasteiger partial charge >= 0.3 is 0 Å². The first-order valence-corrected chi connectivity index (χ1v) is 5.51. The molecule has 0 radical (unpaired) electrons. The van der Waals surface area contributed by atoms with Crippen LogP contribution in [0, 0.1) is 0 Å². The molecular formula is C11H13N5O. The molecule has 1 saturated carbocycles. The Hall–Kier alpha value is -2.11. The molecule has 1 aromatic carbocycles. The third-order valence-electron chi connectivity index (χ3n) is 2.89. The number of nitrogens with two attached hydrogens (primary N) is 1. The van der Waals surface area contributed by atoms with E-state index in [0.29, 0.717) is 17.6 Å². The molecule has 0 bridgehead atoms. The fraction of sp³-hybridized carbons (Fsp3) is 0.364. The van der Waals surface area contributed by atoms with Crippen molar-refractivity contribution < 1.29 is 4.74 Å². The normalized spacial score (nSPS) is 14.9. The topological polar surface area (TPSA) is 78.8 Å². The lowest BCUT2D eigenvalue weighted by Gasteiger charge is -2.07. The molecule has 1 aromatic heterocycles. The van der Waals surface area contributed by atoms with Gasteiger partial charge in [0.1, 0.15) is 5.75 Å². The summed E-state index contributed by atoms with van der Waals surface area (Å²) in [6.07, 6.45) is 2.25. The van der Waals surface area contributed by atoms with E-state index in [2.05, 4.69) is 15.5 Å². The lowest BCUT2D eigenvalue weighted by Crippen LogP contribution is -2.02. The highest BCUT2D eigenvalue weighted by atomic mass is 16.5. The summed E-state index contributed by atoms with van der Waals surface area (Å²) in [5.41, 5.74) is 7.44. The molecule has 17 heavy (non-hydrogen) atoms. The van der Waals surface area contributed by atoms with Gasteiger partial charge in [-0.15, -0.1) is 5.10 Å². The Morgan fingerprint density at radius 1 is 1.41 bits per heavy atom. The molecule has 0 unspecified atom stereocenters. The summed E-state index contributed by atoms with van der Waals surface area (Å²) in [6.45, 7) is 0. The van der Waals surface area contributed by atoms with Gasteiger partial charge in [-0.1, -0.05) is 0 Å². The summed E-state index contributed by atoms with van der Waals surface area (Å²) >= 11 is 0. The summed E-state index contributed by atoms with van der Waals surface area (Å²) < 4.78 is 7.03. The Bertz CT molecular complexity index is 547. The average molecular weight is 231 g/mol. The standard InChI is InChI=1S/C11H13N5O/c1-17-8-4-5-10(12)9(6-8)11-13-14-15-16(11)7-2-3-7/h4-7H,2-3,12H2,1H3. The van der Waals surface area contributed by atoms with E-state index in [9.17, 15) is 0 Å².